The summed E-state index contributed by atoms with van der Waals surface area (Å²) < 4.78 is 0. The molecule has 0 bridgehead atoms. The zero-order chi connectivity index (χ0) is 17.6. The van der Waals surface area contributed by atoms with Gasteiger partial charge >= 0.3 is 0 Å². The lowest BCUT2D eigenvalue weighted by molar-refractivity contribution is 0.861. The molecule has 5 nitrogen and oxygen atoms in total. The molecular formula is C20H19N5. The van der Waals surface area contributed by atoms with Crippen molar-refractivity contribution in [3.05, 3.63) is 77.5 Å². The Morgan fingerprint density at radius 3 is 2.60 bits per heavy atom. The largest absolute Gasteiger partial charge is 0.340 e. The van der Waals surface area contributed by atoms with Crippen LogP contribution in [0.15, 0.2) is 60.7 Å². The number of rotatable bonds is 5. The minimum atomic E-state index is 0.609. The summed E-state index contributed by atoms with van der Waals surface area (Å²) in [4.78, 5) is 11.1. The molecule has 0 aliphatic carbocycles. The number of hydrogen-bond donors (Lipinski definition) is 1. The van der Waals surface area contributed by atoms with E-state index in [4.69, 9.17) is 5.26 Å². The Kier molecular flexibility index (Phi) is 4.91. The molecule has 3 rings (SSSR count). The first-order valence-corrected chi connectivity index (χ1v) is 8.02. The van der Waals surface area contributed by atoms with Crippen molar-refractivity contribution >= 4 is 17.5 Å². The smallest absolute Gasteiger partial charge is 0.227 e. The maximum Gasteiger partial charge on any atom is 0.227 e. The minimum Gasteiger partial charge on any atom is -0.340 e. The van der Waals surface area contributed by atoms with E-state index in [-0.39, 0.29) is 0 Å². The zero-order valence-corrected chi connectivity index (χ0v) is 14.3. The van der Waals surface area contributed by atoms with Crippen molar-refractivity contribution in [2.45, 2.75) is 13.5 Å². The van der Waals surface area contributed by atoms with Crippen LogP contribution in [0.4, 0.5) is 17.5 Å². The number of anilines is 3. The van der Waals surface area contributed by atoms with E-state index in [2.05, 4.69) is 33.5 Å². The fraction of sp³-hybridized carbons (Fsp3) is 0.150. The lowest BCUT2D eigenvalue weighted by Crippen LogP contribution is -2.19. The van der Waals surface area contributed by atoms with Crippen LogP contribution in [0, 0.1) is 18.3 Å². The molecule has 0 radical (unpaired) electrons. The molecule has 0 fully saturated rings. The van der Waals surface area contributed by atoms with Gasteiger partial charge in [0, 0.05) is 31.0 Å². The third kappa shape index (κ3) is 4.33. The summed E-state index contributed by atoms with van der Waals surface area (Å²) in [7, 11) is 1.97. The molecule has 0 spiro atoms. The molecule has 0 saturated carbocycles. The Bertz CT molecular complexity index is 899. The Balaban J connectivity index is 1.81. The second-order valence-electron chi connectivity index (χ2n) is 5.85. The van der Waals surface area contributed by atoms with E-state index in [0.29, 0.717) is 17.3 Å². The fourth-order valence-electron chi connectivity index (χ4n) is 2.53. The van der Waals surface area contributed by atoms with Crippen LogP contribution >= 0.6 is 0 Å². The topological polar surface area (TPSA) is 64.8 Å². The van der Waals surface area contributed by atoms with Crippen LogP contribution in [0.25, 0.3) is 0 Å². The van der Waals surface area contributed by atoms with Crippen LogP contribution in [0.1, 0.15) is 16.8 Å². The second kappa shape index (κ2) is 7.45. The maximum atomic E-state index is 9.02. The van der Waals surface area contributed by atoms with Gasteiger partial charge in [-0.15, -0.1) is 0 Å². The summed E-state index contributed by atoms with van der Waals surface area (Å²) in [6.07, 6.45) is 0. The van der Waals surface area contributed by atoms with Crippen molar-refractivity contribution in [1.82, 2.24) is 9.97 Å². The van der Waals surface area contributed by atoms with Crippen LogP contribution < -0.4 is 10.2 Å². The van der Waals surface area contributed by atoms with Crippen molar-refractivity contribution in [3.63, 3.8) is 0 Å². The lowest BCUT2D eigenvalue weighted by atomic mass is 10.2. The summed E-state index contributed by atoms with van der Waals surface area (Å²) in [6, 6.07) is 21.6. The van der Waals surface area contributed by atoms with Crippen LogP contribution in [0.5, 0.6) is 0 Å². The number of hydrogen-bond acceptors (Lipinski definition) is 5. The summed E-state index contributed by atoms with van der Waals surface area (Å²) in [5, 5.41) is 12.3. The van der Waals surface area contributed by atoms with Gasteiger partial charge in [0.1, 0.15) is 5.82 Å². The van der Waals surface area contributed by atoms with Gasteiger partial charge < -0.3 is 10.2 Å². The van der Waals surface area contributed by atoms with Gasteiger partial charge in [-0.1, -0.05) is 36.4 Å². The van der Waals surface area contributed by atoms with Gasteiger partial charge in [0.05, 0.1) is 11.6 Å². The monoisotopic (exact) mass is 329 g/mol. The molecule has 2 aromatic carbocycles. The number of nitrogens with zero attached hydrogens (tertiary/aromatic N) is 4. The molecule has 0 atom stereocenters. The number of nitriles is 1. The lowest BCUT2D eigenvalue weighted by Gasteiger charge is -2.18. The van der Waals surface area contributed by atoms with Crippen LogP contribution in [0.2, 0.25) is 0 Å². The van der Waals surface area contributed by atoms with Crippen molar-refractivity contribution in [2.24, 2.45) is 0 Å². The first-order chi connectivity index (χ1) is 12.1. The molecule has 0 aliphatic heterocycles. The quantitative estimate of drug-likeness (QED) is 0.765. The summed E-state index contributed by atoms with van der Waals surface area (Å²) in [6.45, 7) is 2.67. The highest BCUT2D eigenvalue weighted by molar-refractivity contribution is 5.59. The van der Waals surface area contributed by atoms with E-state index in [1.165, 1.54) is 5.56 Å². The van der Waals surface area contributed by atoms with Crippen molar-refractivity contribution in [3.8, 4) is 6.07 Å². The molecule has 1 aromatic heterocycles. The molecule has 3 aromatic rings. The summed E-state index contributed by atoms with van der Waals surface area (Å²) >= 11 is 0. The molecule has 124 valence electrons. The van der Waals surface area contributed by atoms with Gasteiger partial charge in [-0.3, -0.25) is 0 Å². The highest BCUT2D eigenvalue weighted by Gasteiger charge is 2.08. The van der Waals surface area contributed by atoms with E-state index in [9.17, 15) is 0 Å². The molecular weight excluding hydrogens is 310 g/mol. The molecule has 1 N–H and O–H groups in total. The third-order valence-corrected chi connectivity index (χ3v) is 3.71. The van der Waals surface area contributed by atoms with Gasteiger partial charge in [-0.05, 0) is 30.7 Å². The van der Waals surface area contributed by atoms with Crippen LogP contribution in [-0.2, 0) is 6.54 Å². The maximum absolute atomic E-state index is 9.02. The van der Waals surface area contributed by atoms with Crippen molar-refractivity contribution in [1.29, 1.82) is 5.26 Å². The van der Waals surface area contributed by atoms with Crippen molar-refractivity contribution < 1.29 is 0 Å². The van der Waals surface area contributed by atoms with Gasteiger partial charge in [-0.25, -0.2) is 4.98 Å². The number of nitrogens with one attached hydrogen (secondary N) is 1. The van der Waals surface area contributed by atoms with Gasteiger partial charge in [0.2, 0.25) is 5.95 Å². The normalized spacial score (nSPS) is 10.1. The molecule has 0 amide bonds. The second-order valence-corrected chi connectivity index (χ2v) is 5.85. The number of aromatic nitrogens is 2. The molecule has 25 heavy (non-hydrogen) atoms. The van der Waals surface area contributed by atoms with E-state index in [0.717, 1.165) is 17.9 Å². The number of aryl methyl sites for hydroxylation is 1. The molecule has 0 saturated heterocycles. The predicted octanol–water partition coefficient (Wildman–Crippen LogP) is 4.04. The fourth-order valence-corrected chi connectivity index (χ4v) is 2.53. The summed E-state index contributed by atoms with van der Waals surface area (Å²) in [5.74, 6) is 1.36. The molecule has 0 aliphatic rings. The Hall–Kier alpha value is -3.39. The van der Waals surface area contributed by atoms with E-state index < -0.39 is 0 Å². The third-order valence-electron chi connectivity index (χ3n) is 3.71. The van der Waals surface area contributed by atoms with Crippen LogP contribution in [0.3, 0.4) is 0 Å². The van der Waals surface area contributed by atoms with E-state index in [1.807, 2.05) is 55.3 Å². The van der Waals surface area contributed by atoms with E-state index >= 15 is 0 Å². The standard InChI is InChI=1S/C20H19N5/c1-15-11-19(23-18-10-6-9-17(12-18)13-21)24-20(22-15)25(2)14-16-7-4-3-5-8-16/h3-12H,14H2,1-2H3,(H,22,23,24). The van der Waals surface area contributed by atoms with E-state index in [1.54, 1.807) is 12.1 Å². The average Bonchev–Trinajstić information content (AvgIpc) is 2.62. The van der Waals surface area contributed by atoms with Gasteiger partial charge in [-0.2, -0.15) is 10.2 Å². The Morgan fingerprint density at radius 2 is 1.84 bits per heavy atom. The first kappa shape index (κ1) is 16.5. The highest BCUT2D eigenvalue weighted by atomic mass is 15.2. The first-order valence-electron chi connectivity index (χ1n) is 8.02. The summed E-state index contributed by atoms with van der Waals surface area (Å²) in [5.41, 5.74) is 3.51. The van der Waals surface area contributed by atoms with Crippen molar-refractivity contribution in [2.75, 3.05) is 17.3 Å². The minimum absolute atomic E-state index is 0.609. The highest BCUT2D eigenvalue weighted by Crippen LogP contribution is 2.19. The average molecular weight is 329 g/mol. The predicted molar refractivity (Wildman–Crippen MR) is 99.8 cm³/mol. The molecule has 1 heterocycles. The Labute approximate surface area is 147 Å². The zero-order valence-electron chi connectivity index (χ0n) is 14.3. The SMILES string of the molecule is Cc1cc(Nc2cccc(C#N)c2)nc(N(C)Cc2ccccc2)n1. The molecule has 0 unspecified atom stereocenters. The van der Waals surface area contributed by atoms with Gasteiger partial charge in [0.15, 0.2) is 0 Å². The Morgan fingerprint density at radius 1 is 1.04 bits per heavy atom. The number of benzene rings is 2. The van der Waals surface area contributed by atoms with Crippen LogP contribution in [-0.4, -0.2) is 17.0 Å². The molecule has 5 heteroatoms. The van der Waals surface area contributed by atoms with Gasteiger partial charge in [0.25, 0.3) is 0 Å².